The molecular weight excluding hydrogens is 329 g/mol. The molecule has 1 aromatic heterocycles. The van der Waals surface area contributed by atoms with Gasteiger partial charge < -0.3 is 5.32 Å². The molecular formula is C21H24FN3O. The minimum absolute atomic E-state index is 0.00372. The summed E-state index contributed by atoms with van der Waals surface area (Å²) < 4.78 is 14.9. The van der Waals surface area contributed by atoms with Crippen molar-refractivity contribution in [1.29, 1.82) is 0 Å². The number of amides is 1. The Morgan fingerprint density at radius 3 is 2.27 bits per heavy atom. The van der Waals surface area contributed by atoms with E-state index in [1.165, 1.54) is 31.4 Å². The molecule has 26 heavy (non-hydrogen) atoms. The maximum Gasteiger partial charge on any atom is 0.255 e. The molecule has 0 radical (unpaired) electrons. The van der Waals surface area contributed by atoms with E-state index in [0.717, 1.165) is 48.4 Å². The first-order valence-corrected chi connectivity index (χ1v) is 9.64. The molecule has 0 saturated heterocycles. The average molecular weight is 353 g/mol. The molecule has 1 N–H and O–H groups in total. The highest BCUT2D eigenvalue weighted by Crippen LogP contribution is 2.55. The van der Waals surface area contributed by atoms with Crippen LogP contribution < -0.4 is 5.32 Å². The summed E-state index contributed by atoms with van der Waals surface area (Å²) in [6.07, 6.45) is 9.11. The minimum atomic E-state index is -0.279. The van der Waals surface area contributed by atoms with Gasteiger partial charge in [-0.3, -0.25) is 4.79 Å². The highest BCUT2D eigenvalue weighted by molar-refractivity contribution is 5.95. The lowest BCUT2D eigenvalue weighted by Crippen LogP contribution is -2.59. The standard InChI is InChI=1S/C21H24FN3O/c1-13-19(12-23-25(13)18-4-2-17(22)3-5-18)20(26)24-21-9-14-6-15(10-21)8-16(7-14)11-21/h2-5,12,14-16H,6-11H2,1H3,(H,24,26). The molecule has 1 heterocycles. The fourth-order valence-corrected chi connectivity index (χ4v) is 6.05. The summed E-state index contributed by atoms with van der Waals surface area (Å²) in [6, 6.07) is 6.17. The molecule has 0 atom stereocenters. The zero-order chi connectivity index (χ0) is 17.9. The molecule has 4 saturated carbocycles. The van der Waals surface area contributed by atoms with E-state index in [4.69, 9.17) is 0 Å². The number of carbonyl (C=O) groups excluding carboxylic acids is 1. The second-order valence-corrected chi connectivity index (χ2v) is 8.68. The molecule has 0 aliphatic heterocycles. The zero-order valence-corrected chi connectivity index (χ0v) is 15.0. The van der Waals surface area contributed by atoms with Gasteiger partial charge in [0.2, 0.25) is 0 Å². The highest BCUT2D eigenvalue weighted by Gasteiger charge is 2.51. The van der Waals surface area contributed by atoms with Crippen LogP contribution in [0.4, 0.5) is 4.39 Å². The van der Waals surface area contributed by atoms with Gasteiger partial charge in [0.05, 0.1) is 23.1 Å². The molecule has 4 aliphatic rings. The van der Waals surface area contributed by atoms with Gasteiger partial charge in [-0.15, -0.1) is 0 Å². The number of hydrogen-bond donors (Lipinski definition) is 1. The van der Waals surface area contributed by atoms with Gasteiger partial charge in [0.25, 0.3) is 5.91 Å². The fraction of sp³-hybridized carbons (Fsp3) is 0.524. The predicted molar refractivity (Wildman–Crippen MR) is 96.6 cm³/mol. The Morgan fingerprint density at radius 1 is 1.12 bits per heavy atom. The summed E-state index contributed by atoms with van der Waals surface area (Å²) >= 11 is 0. The molecule has 4 aliphatic carbocycles. The fourth-order valence-electron chi connectivity index (χ4n) is 6.05. The summed E-state index contributed by atoms with van der Waals surface area (Å²) in [5.41, 5.74) is 2.16. The third-order valence-electron chi connectivity index (χ3n) is 6.74. The number of benzene rings is 1. The summed E-state index contributed by atoms with van der Waals surface area (Å²) in [5, 5.41) is 7.77. The first kappa shape index (κ1) is 16.0. The largest absolute Gasteiger partial charge is 0.346 e. The molecule has 0 spiro atoms. The molecule has 5 heteroatoms. The van der Waals surface area contributed by atoms with E-state index in [1.54, 1.807) is 23.0 Å². The van der Waals surface area contributed by atoms with Crippen molar-refractivity contribution in [1.82, 2.24) is 15.1 Å². The molecule has 4 fully saturated rings. The van der Waals surface area contributed by atoms with Gasteiger partial charge in [-0.2, -0.15) is 5.10 Å². The molecule has 4 nitrogen and oxygen atoms in total. The summed E-state index contributed by atoms with van der Waals surface area (Å²) in [5.74, 6) is 2.09. The molecule has 1 amide bonds. The molecule has 1 aromatic carbocycles. The Kier molecular flexibility index (Phi) is 3.49. The van der Waals surface area contributed by atoms with Gasteiger partial charge in [-0.1, -0.05) is 0 Å². The number of rotatable bonds is 3. The second kappa shape index (κ2) is 5.66. The SMILES string of the molecule is Cc1c(C(=O)NC23CC4CC(CC(C4)C2)C3)cnn1-c1ccc(F)cc1. The molecule has 136 valence electrons. The van der Waals surface area contributed by atoms with E-state index in [9.17, 15) is 9.18 Å². The lowest BCUT2D eigenvalue weighted by atomic mass is 9.53. The van der Waals surface area contributed by atoms with Crippen LogP contribution in [0.3, 0.4) is 0 Å². The van der Waals surface area contributed by atoms with Crippen molar-refractivity contribution in [2.45, 2.75) is 51.0 Å². The van der Waals surface area contributed by atoms with Gasteiger partial charge >= 0.3 is 0 Å². The monoisotopic (exact) mass is 353 g/mol. The van der Waals surface area contributed by atoms with E-state index < -0.39 is 0 Å². The Hall–Kier alpha value is -2.17. The lowest BCUT2D eigenvalue weighted by molar-refractivity contribution is -0.0167. The molecule has 4 bridgehead atoms. The van der Waals surface area contributed by atoms with E-state index >= 15 is 0 Å². The Balaban J connectivity index is 1.39. The van der Waals surface area contributed by atoms with Crippen LogP contribution in [0.2, 0.25) is 0 Å². The van der Waals surface area contributed by atoms with Crippen LogP contribution in [0, 0.1) is 30.5 Å². The number of halogens is 1. The predicted octanol–water partition coefficient (Wildman–Crippen LogP) is 4.02. The van der Waals surface area contributed by atoms with Crippen LogP contribution in [-0.2, 0) is 0 Å². The quantitative estimate of drug-likeness (QED) is 0.906. The number of nitrogens with zero attached hydrogens (tertiary/aromatic N) is 2. The lowest BCUT2D eigenvalue weighted by Gasteiger charge is -2.56. The van der Waals surface area contributed by atoms with E-state index in [-0.39, 0.29) is 17.3 Å². The molecule has 2 aromatic rings. The zero-order valence-electron chi connectivity index (χ0n) is 15.0. The normalized spacial score (nSPS) is 32.0. The van der Waals surface area contributed by atoms with Crippen molar-refractivity contribution in [3.8, 4) is 5.69 Å². The van der Waals surface area contributed by atoms with E-state index in [1.807, 2.05) is 6.92 Å². The van der Waals surface area contributed by atoms with E-state index in [0.29, 0.717) is 5.56 Å². The van der Waals surface area contributed by atoms with Crippen molar-refractivity contribution < 1.29 is 9.18 Å². The van der Waals surface area contributed by atoms with Crippen LogP contribution in [0.25, 0.3) is 5.69 Å². The highest BCUT2D eigenvalue weighted by atomic mass is 19.1. The van der Waals surface area contributed by atoms with Gasteiger partial charge in [0.1, 0.15) is 5.82 Å². The third-order valence-corrected chi connectivity index (χ3v) is 6.74. The Bertz CT molecular complexity index is 819. The number of hydrogen-bond acceptors (Lipinski definition) is 2. The maximum absolute atomic E-state index is 13.2. The topological polar surface area (TPSA) is 46.9 Å². The van der Waals surface area contributed by atoms with Crippen molar-refractivity contribution >= 4 is 5.91 Å². The summed E-state index contributed by atoms with van der Waals surface area (Å²) in [6.45, 7) is 1.89. The van der Waals surface area contributed by atoms with Crippen LogP contribution in [0.5, 0.6) is 0 Å². The minimum Gasteiger partial charge on any atom is -0.346 e. The van der Waals surface area contributed by atoms with Gasteiger partial charge in [0, 0.05) is 5.54 Å². The first-order valence-electron chi connectivity index (χ1n) is 9.64. The smallest absolute Gasteiger partial charge is 0.255 e. The third kappa shape index (κ3) is 2.56. The number of aromatic nitrogens is 2. The summed E-state index contributed by atoms with van der Waals surface area (Å²) in [7, 11) is 0. The van der Waals surface area contributed by atoms with E-state index in [2.05, 4.69) is 10.4 Å². The second-order valence-electron chi connectivity index (χ2n) is 8.68. The van der Waals surface area contributed by atoms with Crippen molar-refractivity contribution in [3.63, 3.8) is 0 Å². The number of carbonyl (C=O) groups is 1. The summed E-state index contributed by atoms with van der Waals surface area (Å²) in [4.78, 5) is 13.0. The van der Waals surface area contributed by atoms with Crippen molar-refractivity contribution in [2.24, 2.45) is 17.8 Å². The Labute approximate surface area is 152 Å². The van der Waals surface area contributed by atoms with Gasteiger partial charge in [-0.05, 0) is 87.5 Å². The first-order chi connectivity index (χ1) is 12.5. The molecule has 0 unspecified atom stereocenters. The van der Waals surface area contributed by atoms with Crippen LogP contribution in [0.15, 0.2) is 30.5 Å². The van der Waals surface area contributed by atoms with Gasteiger partial charge in [0.15, 0.2) is 0 Å². The van der Waals surface area contributed by atoms with Crippen LogP contribution in [-0.4, -0.2) is 21.2 Å². The van der Waals surface area contributed by atoms with Crippen molar-refractivity contribution in [2.75, 3.05) is 0 Å². The number of nitrogens with one attached hydrogen (secondary N) is 1. The molecule has 6 rings (SSSR count). The van der Waals surface area contributed by atoms with Gasteiger partial charge in [-0.25, -0.2) is 9.07 Å². The van der Waals surface area contributed by atoms with Crippen molar-refractivity contribution in [3.05, 3.63) is 47.5 Å². The van der Waals surface area contributed by atoms with Crippen LogP contribution in [0.1, 0.15) is 54.6 Å². The maximum atomic E-state index is 13.2. The van der Waals surface area contributed by atoms with Crippen LogP contribution >= 0.6 is 0 Å². The Morgan fingerprint density at radius 2 is 1.69 bits per heavy atom. The average Bonchev–Trinajstić information content (AvgIpc) is 2.95.